The molecular formula is C21H24Cl2N6O4S. The summed E-state index contributed by atoms with van der Waals surface area (Å²) in [6.07, 6.45) is 3.17. The predicted octanol–water partition coefficient (Wildman–Crippen LogP) is 2.90. The molecule has 1 aliphatic rings. The fourth-order valence-corrected chi connectivity index (χ4v) is 5.74. The highest BCUT2D eigenvalue weighted by Crippen LogP contribution is 2.32. The van der Waals surface area contributed by atoms with Gasteiger partial charge in [-0.25, -0.2) is 13.1 Å². The molecule has 0 spiro atoms. The van der Waals surface area contributed by atoms with E-state index in [1.54, 1.807) is 53.2 Å². The number of hydrogen-bond acceptors (Lipinski definition) is 6. The summed E-state index contributed by atoms with van der Waals surface area (Å²) in [7, 11) is -3.68. The minimum Gasteiger partial charge on any atom is -0.468 e. The zero-order chi connectivity index (χ0) is 24.5. The molecule has 4 rings (SSSR count). The number of carbonyl (C=O) groups excluding carboxylic acids is 1. The van der Waals surface area contributed by atoms with Crippen molar-refractivity contribution in [1.82, 2.24) is 28.8 Å². The Hall–Kier alpha value is -2.60. The standard InChI is InChI=1S/C21H24Cl2N6O4S/c1-3-27-13-19(15(2)24-27)34(31,32)29-11-9-26(10-12-29)21(30)18-7-8-28(25-18)14-33-20-16(22)5-4-6-17(20)23/h4-8,13H,3,9-12,14H2,1-2H3. The second kappa shape index (κ2) is 9.95. The maximum Gasteiger partial charge on any atom is 0.274 e. The normalized spacial score (nSPS) is 15.0. The van der Waals surface area contributed by atoms with Crippen molar-refractivity contribution in [2.75, 3.05) is 26.2 Å². The average molecular weight is 527 g/mol. The minimum absolute atomic E-state index is 0.0214. The Bertz CT molecular complexity index is 1280. The molecule has 2 aromatic heterocycles. The van der Waals surface area contributed by atoms with Crippen LogP contribution < -0.4 is 4.74 Å². The number of benzene rings is 1. The number of sulfonamides is 1. The number of halogens is 2. The Morgan fingerprint density at radius 3 is 2.35 bits per heavy atom. The van der Waals surface area contributed by atoms with Crippen LogP contribution in [-0.2, 0) is 23.3 Å². The van der Waals surface area contributed by atoms with Crippen LogP contribution in [0.4, 0.5) is 0 Å². The van der Waals surface area contributed by atoms with Gasteiger partial charge in [-0.3, -0.25) is 9.48 Å². The second-order valence-corrected chi connectivity index (χ2v) is 10.4. The van der Waals surface area contributed by atoms with E-state index in [-0.39, 0.29) is 49.4 Å². The monoisotopic (exact) mass is 526 g/mol. The van der Waals surface area contributed by atoms with Gasteiger partial charge in [0.15, 0.2) is 18.2 Å². The molecule has 0 saturated carbocycles. The van der Waals surface area contributed by atoms with Gasteiger partial charge in [-0.15, -0.1) is 0 Å². The van der Waals surface area contributed by atoms with Gasteiger partial charge >= 0.3 is 0 Å². The summed E-state index contributed by atoms with van der Waals surface area (Å²) in [6.45, 7) is 5.09. The molecule has 1 aromatic carbocycles. The van der Waals surface area contributed by atoms with Gasteiger partial charge in [-0.1, -0.05) is 29.3 Å². The van der Waals surface area contributed by atoms with Crippen LogP contribution in [0.3, 0.4) is 0 Å². The molecule has 1 amide bonds. The van der Waals surface area contributed by atoms with Crippen LogP contribution >= 0.6 is 23.2 Å². The van der Waals surface area contributed by atoms with E-state index in [2.05, 4.69) is 10.2 Å². The number of hydrogen-bond donors (Lipinski definition) is 0. The fraction of sp³-hybridized carbons (Fsp3) is 0.381. The maximum atomic E-state index is 13.0. The van der Waals surface area contributed by atoms with E-state index >= 15 is 0 Å². The molecule has 13 heteroatoms. The Kier molecular flexibility index (Phi) is 7.17. The third kappa shape index (κ3) is 4.92. The van der Waals surface area contributed by atoms with Crippen LogP contribution in [-0.4, -0.2) is 69.3 Å². The molecule has 1 aliphatic heterocycles. The first-order chi connectivity index (χ1) is 16.2. The molecule has 182 valence electrons. The number of carbonyl (C=O) groups is 1. The van der Waals surface area contributed by atoms with Crippen molar-refractivity contribution in [2.24, 2.45) is 0 Å². The predicted molar refractivity (Wildman–Crippen MR) is 127 cm³/mol. The highest BCUT2D eigenvalue weighted by molar-refractivity contribution is 7.89. The smallest absolute Gasteiger partial charge is 0.274 e. The van der Waals surface area contributed by atoms with Gasteiger partial charge in [-0.2, -0.15) is 14.5 Å². The molecule has 0 bridgehead atoms. The molecule has 0 N–H and O–H groups in total. The summed E-state index contributed by atoms with van der Waals surface area (Å²) in [4.78, 5) is 14.7. The van der Waals surface area contributed by atoms with Crippen molar-refractivity contribution in [3.63, 3.8) is 0 Å². The molecule has 0 radical (unpaired) electrons. The van der Waals surface area contributed by atoms with Crippen molar-refractivity contribution >= 4 is 39.1 Å². The van der Waals surface area contributed by atoms with Crippen molar-refractivity contribution in [2.45, 2.75) is 32.0 Å². The Morgan fingerprint density at radius 2 is 1.74 bits per heavy atom. The van der Waals surface area contributed by atoms with E-state index in [0.717, 1.165) is 0 Å². The van der Waals surface area contributed by atoms with Gasteiger partial charge in [0.05, 0.1) is 15.7 Å². The summed E-state index contributed by atoms with van der Waals surface area (Å²) in [6, 6.07) is 6.63. The molecule has 0 unspecified atom stereocenters. The number of piperazine rings is 1. The third-order valence-electron chi connectivity index (χ3n) is 5.49. The molecule has 1 saturated heterocycles. The number of amides is 1. The highest BCUT2D eigenvalue weighted by Gasteiger charge is 2.33. The Morgan fingerprint density at radius 1 is 1.06 bits per heavy atom. The number of para-hydroxylation sites is 1. The van der Waals surface area contributed by atoms with Crippen molar-refractivity contribution in [3.05, 3.63) is 58.1 Å². The van der Waals surface area contributed by atoms with Gasteiger partial charge in [0.2, 0.25) is 10.0 Å². The lowest BCUT2D eigenvalue weighted by Gasteiger charge is -2.33. The molecule has 1 fully saturated rings. The fourth-order valence-electron chi connectivity index (χ4n) is 3.65. The summed E-state index contributed by atoms with van der Waals surface area (Å²) in [5.41, 5.74) is 0.705. The SMILES string of the molecule is CCn1cc(S(=O)(=O)N2CCN(C(=O)c3ccn(COc4c(Cl)cccc4Cl)n3)CC2)c(C)n1. The van der Waals surface area contributed by atoms with Gasteiger partial charge in [0, 0.05) is 45.1 Å². The zero-order valence-electron chi connectivity index (χ0n) is 18.7. The summed E-state index contributed by atoms with van der Waals surface area (Å²) in [5.74, 6) is 0.0628. The Labute approximate surface area is 207 Å². The van der Waals surface area contributed by atoms with E-state index < -0.39 is 10.0 Å². The van der Waals surface area contributed by atoms with Crippen molar-refractivity contribution in [1.29, 1.82) is 0 Å². The summed E-state index contributed by atoms with van der Waals surface area (Å²) >= 11 is 12.2. The lowest BCUT2D eigenvalue weighted by molar-refractivity contribution is 0.0690. The molecule has 3 aromatic rings. The Balaban J connectivity index is 1.36. The van der Waals surface area contributed by atoms with Gasteiger partial charge in [0.1, 0.15) is 4.90 Å². The third-order valence-corrected chi connectivity index (χ3v) is 8.09. The van der Waals surface area contributed by atoms with E-state index in [0.29, 0.717) is 28.0 Å². The van der Waals surface area contributed by atoms with Crippen LogP contribution in [0.2, 0.25) is 10.0 Å². The second-order valence-electron chi connectivity index (χ2n) is 7.70. The van der Waals surface area contributed by atoms with Crippen LogP contribution in [0.15, 0.2) is 41.6 Å². The highest BCUT2D eigenvalue weighted by atomic mass is 35.5. The number of rotatable bonds is 7. The number of ether oxygens (including phenoxy) is 1. The maximum absolute atomic E-state index is 13.0. The van der Waals surface area contributed by atoms with Gasteiger partial charge < -0.3 is 9.64 Å². The first-order valence-electron chi connectivity index (χ1n) is 10.6. The van der Waals surface area contributed by atoms with Crippen LogP contribution in [0.1, 0.15) is 23.1 Å². The molecule has 3 heterocycles. The van der Waals surface area contributed by atoms with E-state index in [1.807, 2.05) is 6.92 Å². The molecule has 0 aliphatic carbocycles. The van der Waals surface area contributed by atoms with Crippen molar-refractivity contribution < 1.29 is 17.9 Å². The zero-order valence-corrected chi connectivity index (χ0v) is 21.0. The van der Waals surface area contributed by atoms with Gasteiger partial charge in [-0.05, 0) is 32.0 Å². The molecule has 34 heavy (non-hydrogen) atoms. The minimum atomic E-state index is -3.68. The van der Waals surface area contributed by atoms with Crippen LogP contribution in [0, 0.1) is 6.92 Å². The van der Waals surface area contributed by atoms with Crippen LogP contribution in [0.5, 0.6) is 5.75 Å². The summed E-state index contributed by atoms with van der Waals surface area (Å²) in [5, 5.41) is 9.25. The quantitative estimate of drug-likeness (QED) is 0.468. The van der Waals surface area contributed by atoms with Crippen molar-refractivity contribution in [3.8, 4) is 5.75 Å². The summed E-state index contributed by atoms with van der Waals surface area (Å²) < 4.78 is 36.2. The van der Waals surface area contributed by atoms with E-state index in [4.69, 9.17) is 27.9 Å². The molecular weight excluding hydrogens is 503 g/mol. The number of aromatic nitrogens is 4. The number of aryl methyl sites for hydroxylation is 2. The number of nitrogens with zero attached hydrogens (tertiary/aromatic N) is 6. The topological polar surface area (TPSA) is 103 Å². The molecule has 0 atom stereocenters. The van der Waals surface area contributed by atoms with E-state index in [9.17, 15) is 13.2 Å². The average Bonchev–Trinajstić information content (AvgIpc) is 3.45. The first-order valence-corrected chi connectivity index (χ1v) is 12.8. The lowest BCUT2D eigenvalue weighted by atomic mass is 10.3. The van der Waals surface area contributed by atoms with Crippen LogP contribution in [0.25, 0.3) is 0 Å². The lowest BCUT2D eigenvalue weighted by Crippen LogP contribution is -2.50. The van der Waals surface area contributed by atoms with E-state index in [1.165, 1.54) is 8.99 Å². The molecule has 10 nitrogen and oxygen atoms in total. The first kappa shape index (κ1) is 24.5. The largest absolute Gasteiger partial charge is 0.468 e. The van der Waals surface area contributed by atoms with Gasteiger partial charge in [0.25, 0.3) is 5.91 Å².